The van der Waals surface area contributed by atoms with Crippen molar-refractivity contribution in [2.24, 2.45) is 5.41 Å². The summed E-state index contributed by atoms with van der Waals surface area (Å²) >= 11 is 0. The van der Waals surface area contributed by atoms with Crippen LogP contribution in [0.3, 0.4) is 0 Å². The summed E-state index contributed by atoms with van der Waals surface area (Å²) in [5.74, 6) is 0.0249. The number of piperazine rings is 1. The van der Waals surface area contributed by atoms with E-state index in [1.54, 1.807) is 24.3 Å². The summed E-state index contributed by atoms with van der Waals surface area (Å²) in [6.45, 7) is 3.85. The first-order valence-electron chi connectivity index (χ1n) is 8.65. The Morgan fingerprint density at radius 1 is 1.17 bits per heavy atom. The van der Waals surface area contributed by atoms with Crippen molar-refractivity contribution in [3.63, 3.8) is 0 Å². The van der Waals surface area contributed by atoms with Crippen molar-refractivity contribution in [3.05, 3.63) is 30.1 Å². The highest BCUT2D eigenvalue weighted by Gasteiger charge is 2.59. The molecule has 0 aromatic carbocycles. The molecule has 130 valence electrons. The smallest absolute Gasteiger partial charge is 0.238 e. The highest BCUT2D eigenvalue weighted by Crippen LogP contribution is 2.48. The first-order chi connectivity index (χ1) is 11.5. The summed E-state index contributed by atoms with van der Waals surface area (Å²) < 4.78 is 0. The first-order valence-corrected chi connectivity index (χ1v) is 8.65. The van der Waals surface area contributed by atoms with Crippen molar-refractivity contribution in [3.8, 4) is 0 Å². The largest absolute Gasteiger partial charge is 0.344 e. The number of carbonyl (C=O) groups is 2. The molecule has 0 unspecified atom stereocenters. The van der Waals surface area contributed by atoms with Crippen LogP contribution < -0.4 is 0 Å². The Balaban J connectivity index is 1.58. The Bertz CT molecular complexity index is 592. The predicted molar refractivity (Wildman–Crippen MR) is 91.3 cm³/mol. The molecular formula is C18H26N4O2. The van der Waals surface area contributed by atoms with Gasteiger partial charge < -0.3 is 14.7 Å². The van der Waals surface area contributed by atoms with Gasteiger partial charge in [-0.1, -0.05) is 0 Å². The van der Waals surface area contributed by atoms with Crippen LogP contribution in [0.2, 0.25) is 0 Å². The summed E-state index contributed by atoms with van der Waals surface area (Å²) in [4.78, 5) is 35.5. The van der Waals surface area contributed by atoms with Gasteiger partial charge in [0.1, 0.15) is 5.41 Å². The molecule has 1 aromatic heterocycles. The Hall–Kier alpha value is -1.95. The molecule has 0 atom stereocenters. The number of carbonyl (C=O) groups excluding carboxylic acids is 2. The Labute approximate surface area is 143 Å². The van der Waals surface area contributed by atoms with Crippen molar-refractivity contribution in [1.82, 2.24) is 19.7 Å². The topological polar surface area (TPSA) is 56.8 Å². The third-order valence-corrected chi connectivity index (χ3v) is 5.19. The molecular weight excluding hydrogens is 304 g/mol. The second-order valence-electron chi connectivity index (χ2n) is 7.01. The van der Waals surface area contributed by atoms with Gasteiger partial charge in [0.2, 0.25) is 11.8 Å². The fourth-order valence-corrected chi connectivity index (χ4v) is 3.27. The quantitative estimate of drug-likeness (QED) is 0.744. The molecule has 24 heavy (non-hydrogen) atoms. The maximum atomic E-state index is 12.9. The van der Waals surface area contributed by atoms with E-state index < -0.39 is 5.41 Å². The first kappa shape index (κ1) is 16.9. The Kier molecular flexibility index (Phi) is 4.85. The van der Waals surface area contributed by atoms with Gasteiger partial charge in [0.15, 0.2) is 0 Å². The van der Waals surface area contributed by atoms with Crippen LogP contribution in [0.1, 0.15) is 18.4 Å². The zero-order valence-electron chi connectivity index (χ0n) is 14.6. The van der Waals surface area contributed by atoms with E-state index in [9.17, 15) is 9.59 Å². The highest BCUT2D eigenvalue weighted by atomic mass is 16.2. The zero-order chi connectivity index (χ0) is 17.2. The SMILES string of the molecule is CN1CCN(C(=O)C2(C(=O)N(C)CCc3ccncc3)CC2)CC1. The lowest BCUT2D eigenvalue weighted by Crippen LogP contribution is -2.52. The van der Waals surface area contributed by atoms with Gasteiger partial charge in [-0.05, 0) is 44.0 Å². The molecule has 1 aromatic rings. The van der Waals surface area contributed by atoms with Crippen molar-refractivity contribution in [2.45, 2.75) is 19.3 Å². The number of amides is 2. The van der Waals surface area contributed by atoms with E-state index >= 15 is 0 Å². The molecule has 1 saturated heterocycles. The van der Waals surface area contributed by atoms with Gasteiger partial charge in [-0.25, -0.2) is 0 Å². The lowest BCUT2D eigenvalue weighted by atomic mass is 10.0. The van der Waals surface area contributed by atoms with E-state index in [2.05, 4.69) is 16.9 Å². The maximum absolute atomic E-state index is 12.9. The van der Waals surface area contributed by atoms with Gasteiger partial charge >= 0.3 is 0 Å². The average Bonchev–Trinajstić information content (AvgIpc) is 3.42. The molecule has 2 heterocycles. The zero-order valence-corrected chi connectivity index (χ0v) is 14.6. The van der Waals surface area contributed by atoms with E-state index in [4.69, 9.17) is 0 Å². The number of hydrogen-bond acceptors (Lipinski definition) is 4. The van der Waals surface area contributed by atoms with Gasteiger partial charge in [0.05, 0.1) is 0 Å². The van der Waals surface area contributed by atoms with Crippen molar-refractivity contribution in [1.29, 1.82) is 0 Å². The molecule has 0 N–H and O–H groups in total. The van der Waals surface area contributed by atoms with Gasteiger partial charge in [-0.15, -0.1) is 0 Å². The summed E-state index contributed by atoms with van der Waals surface area (Å²) in [6.07, 6.45) is 5.68. The monoisotopic (exact) mass is 330 g/mol. The highest BCUT2D eigenvalue weighted by molar-refractivity contribution is 6.07. The number of likely N-dealkylation sites (N-methyl/N-ethyl adjacent to an activating group) is 2. The third kappa shape index (κ3) is 3.43. The van der Waals surface area contributed by atoms with Gasteiger partial charge in [0, 0.05) is 52.2 Å². The van der Waals surface area contributed by atoms with Crippen LogP contribution >= 0.6 is 0 Å². The molecule has 2 amide bonds. The van der Waals surface area contributed by atoms with Gasteiger partial charge in [-0.2, -0.15) is 0 Å². The third-order valence-electron chi connectivity index (χ3n) is 5.19. The van der Waals surface area contributed by atoms with Crippen LogP contribution in [-0.2, 0) is 16.0 Å². The second kappa shape index (κ2) is 6.89. The molecule has 2 aliphatic rings. The summed E-state index contributed by atoms with van der Waals surface area (Å²) in [5, 5.41) is 0. The van der Waals surface area contributed by atoms with Crippen LogP contribution in [-0.4, -0.2) is 78.3 Å². The number of rotatable bonds is 5. The van der Waals surface area contributed by atoms with Gasteiger partial charge in [-0.3, -0.25) is 14.6 Å². The number of pyridine rings is 1. The predicted octanol–water partition coefficient (Wildman–Crippen LogP) is 0.637. The summed E-state index contributed by atoms with van der Waals surface area (Å²) in [5.41, 5.74) is 0.378. The molecule has 2 fully saturated rings. The van der Waals surface area contributed by atoms with E-state index in [0.717, 1.165) is 38.2 Å². The molecule has 6 nitrogen and oxygen atoms in total. The van der Waals surface area contributed by atoms with Crippen molar-refractivity contribution >= 4 is 11.8 Å². The molecule has 0 bridgehead atoms. The van der Waals surface area contributed by atoms with E-state index in [-0.39, 0.29) is 11.8 Å². The van der Waals surface area contributed by atoms with Crippen molar-refractivity contribution in [2.75, 3.05) is 46.8 Å². The minimum atomic E-state index is -0.775. The molecule has 0 spiro atoms. The molecule has 0 radical (unpaired) electrons. The van der Waals surface area contributed by atoms with E-state index in [1.807, 2.05) is 17.0 Å². The summed E-state index contributed by atoms with van der Waals surface area (Å²) in [6, 6.07) is 3.92. The molecule has 1 aliphatic carbocycles. The molecule has 6 heteroatoms. The minimum absolute atomic E-state index is 0.0134. The molecule has 1 aliphatic heterocycles. The minimum Gasteiger partial charge on any atom is -0.344 e. The van der Waals surface area contributed by atoms with Gasteiger partial charge in [0.25, 0.3) is 0 Å². The molecule has 1 saturated carbocycles. The van der Waals surface area contributed by atoms with E-state index in [0.29, 0.717) is 19.4 Å². The number of nitrogens with zero attached hydrogens (tertiary/aromatic N) is 4. The maximum Gasteiger partial charge on any atom is 0.238 e. The van der Waals surface area contributed by atoms with Crippen LogP contribution in [0.25, 0.3) is 0 Å². The van der Waals surface area contributed by atoms with Crippen LogP contribution in [0.5, 0.6) is 0 Å². The second-order valence-corrected chi connectivity index (χ2v) is 7.01. The normalized spacial score (nSPS) is 19.8. The van der Waals surface area contributed by atoms with Crippen LogP contribution in [0, 0.1) is 5.41 Å². The number of aromatic nitrogens is 1. The van der Waals surface area contributed by atoms with Crippen molar-refractivity contribution < 1.29 is 9.59 Å². The number of hydrogen-bond donors (Lipinski definition) is 0. The lowest BCUT2D eigenvalue weighted by Gasteiger charge is -2.35. The van der Waals surface area contributed by atoms with Crippen LogP contribution in [0.4, 0.5) is 0 Å². The Morgan fingerprint density at radius 2 is 1.79 bits per heavy atom. The van der Waals surface area contributed by atoms with Crippen LogP contribution in [0.15, 0.2) is 24.5 Å². The summed E-state index contributed by atoms with van der Waals surface area (Å²) in [7, 11) is 3.87. The Morgan fingerprint density at radius 3 is 2.38 bits per heavy atom. The standard InChI is InChI=1S/C18H26N4O2/c1-20-11-13-22(14-12-20)17(24)18(6-7-18)16(23)21(2)10-5-15-3-8-19-9-4-15/h3-4,8-9H,5-7,10-14H2,1-2H3. The fourth-order valence-electron chi connectivity index (χ4n) is 3.27. The van der Waals surface area contributed by atoms with E-state index in [1.165, 1.54) is 0 Å². The molecule has 3 rings (SSSR count). The lowest BCUT2D eigenvalue weighted by molar-refractivity contribution is -0.149. The average molecular weight is 330 g/mol. The fraction of sp³-hybridized carbons (Fsp3) is 0.611.